The van der Waals surface area contributed by atoms with E-state index in [1.165, 1.54) is 13.0 Å². The largest absolute Gasteiger partial charge is 0.394 e. The highest BCUT2D eigenvalue weighted by molar-refractivity contribution is 5.95. The lowest BCUT2D eigenvalue weighted by molar-refractivity contribution is -0.384. The molecule has 1 aliphatic heterocycles. The second-order valence-electron chi connectivity index (χ2n) is 4.69. The van der Waals surface area contributed by atoms with Crippen LogP contribution in [-0.2, 0) is 0 Å². The first kappa shape index (κ1) is 13.5. The average molecular weight is 264 g/mol. The Bertz CT molecular complexity index is 515. The SMILES string of the molecule is CC(=O)c1ccc(N2CCCC2CO)c([N+](=O)[O-])c1. The summed E-state index contributed by atoms with van der Waals surface area (Å²) in [6, 6.07) is 4.42. The summed E-state index contributed by atoms with van der Waals surface area (Å²) in [4.78, 5) is 23.8. The highest BCUT2D eigenvalue weighted by Crippen LogP contribution is 2.34. The maximum atomic E-state index is 11.3. The summed E-state index contributed by atoms with van der Waals surface area (Å²) in [7, 11) is 0. The van der Waals surface area contributed by atoms with Crippen molar-refractivity contribution >= 4 is 17.2 Å². The molecule has 0 radical (unpaired) electrons. The zero-order chi connectivity index (χ0) is 14.0. The standard InChI is InChI=1S/C13H16N2O4/c1-9(17)10-4-5-12(13(7-10)15(18)19)14-6-2-3-11(14)8-16/h4-5,7,11,16H,2-3,6,8H2,1H3. The number of nitro benzene ring substituents is 1. The first-order valence-corrected chi connectivity index (χ1v) is 6.21. The molecule has 1 saturated heterocycles. The predicted octanol–water partition coefficient (Wildman–Crippen LogP) is 1.76. The normalized spacial score (nSPS) is 18.6. The molecule has 6 nitrogen and oxygen atoms in total. The van der Waals surface area contributed by atoms with Crippen LogP contribution in [0.25, 0.3) is 0 Å². The summed E-state index contributed by atoms with van der Waals surface area (Å²) in [6.07, 6.45) is 1.72. The Kier molecular flexibility index (Phi) is 3.80. The van der Waals surface area contributed by atoms with E-state index in [4.69, 9.17) is 0 Å². The number of hydrogen-bond acceptors (Lipinski definition) is 5. The molecule has 1 aromatic carbocycles. The number of hydrogen-bond donors (Lipinski definition) is 1. The number of carbonyl (C=O) groups is 1. The van der Waals surface area contributed by atoms with Crippen LogP contribution >= 0.6 is 0 Å². The van der Waals surface area contributed by atoms with Gasteiger partial charge in [0.2, 0.25) is 0 Å². The molecular formula is C13H16N2O4. The van der Waals surface area contributed by atoms with Gasteiger partial charge in [-0.15, -0.1) is 0 Å². The Balaban J connectivity index is 2.45. The van der Waals surface area contributed by atoms with Gasteiger partial charge in [0.25, 0.3) is 5.69 Å². The smallest absolute Gasteiger partial charge is 0.293 e. The van der Waals surface area contributed by atoms with E-state index in [-0.39, 0.29) is 24.1 Å². The van der Waals surface area contributed by atoms with Crippen LogP contribution in [0, 0.1) is 10.1 Å². The van der Waals surface area contributed by atoms with Crippen molar-refractivity contribution in [3.63, 3.8) is 0 Å². The number of aliphatic hydroxyl groups excluding tert-OH is 1. The summed E-state index contributed by atoms with van der Waals surface area (Å²) in [6.45, 7) is 2.04. The first-order valence-electron chi connectivity index (χ1n) is 6.21. The van der Waals surface area contributed by atoms with Crippen molar-refractivity contribution in [3.05, 3.63) is 33.9 Å². The Hall–Kier alpha value is -1.95. The Labute approximate surface area is 110 Å². The Morgan fingerprint density at radius 1 is 1.58 bits per heavy atom. The number of nitrogens with zero attached hydrogens (tertiary/aromatic N) is 2. The van der Waals surface area contributed by atoms with Gasteiger partial charge in [0.15, 0.2) is 5.78 Å². The van der Waals surface area contributed by atoms with Crippen molar-refractivity contribution in [3.8, 4) is 0 Å². The van der Waals surface area contributed by atoms with Crippen molar-refractivity contribution < 1.29 is 14.8 Å². The molecule has 1 aromatic rings. The molecule has 1 fully saturated rings. The minimum absolute atomic E-state index is 0.0222. The third kappa shape index (κ3) is 2.58. The number of anilines is 1. The van der Waals surface area contributed by atoms with Crippen LogP contribution in [0.15, 0.2) is 18.2 Å². The number of aliphatic hydroxyl groups is 1. The molecule has 0 spiro atoms. The monoisotopic (exact) mass is 264 g/mol. The van der Waals surface area contributed by atoms with Gasteiger partial charge in [-0.1, -0.05) is 0 Å². The molecule has 0 saturated carbocycles. The number of nitro groups is 1. The number of carbonyl (C=O) groups excluding carboxylic acids is 1. The second-order valence-corrected chi connectivity index (χ2v) is 4.69. The first-order chi connectivity index (χ1) is 9.04. The summed E-state index contributed by atoms with van der Waals surface area (Å²) in [5.74, 6) is -0.199. The lowest BCUT2D eigenvalue weighted by Gasteiger charge is -2.25. The zero-order valence-electron chi connectivity index (χ0n) is 10.7. The van der Waals surface area contributed by atoms with Gasteiger partial charge in [0, 0.05) is 18.2 Å². The lowest BCUT2D eigenvalue weighted by atomic mass is 10.1. The van der Waals surface area contributed by atoms with Crippen molar-refractivity contribution in [1.82, 2.24) is 0 Å². The van der Waals surface area contributed by atoms with E-state index in [9.17, 15) is 20.0 Å². The Morgan fingerprint density at radius 2 is 2.32 bits per heavy atom. The van der Waals surface area contributed by atoms with Crippen LogP contribution in [0.4, 0.5) is 11.4 Å². The van der Waals surface area contributed by atoms with Gasteiger partial charge in [-0.05, 0) is 31.9 Å². The lowest BCUT2D eigenvalue weighted by Crippen LogP contribution is -2.32. The molecule has 0 aliphatic carbocycles. The number of rotatable bonds is 4. The van der Waals surface area contributed by atoms with Crippen molar-refractivity contribution in [2.45, 2.75) is 25.8 Å². The molecule has 102 valence electrons. The van der Waals surface area contributed by atoms with E-state index in [1.54, 1.807) is 12.1 Å². The van der Waals surface area contributed by atoms with Crippen LogP contribution in [0.2, 0.25) is 0 Å². The average Bonchev–Trinajstić information content (AvgIpc) is 2.85. The highest BCUT2D eigenvalue weighted by Gasteiger charge is 2.29. The maximum absolute atomic E-state index is 11.3. The third-order valence-electron chi connectivity index (χ3n) is 3.48. The molecule has 1 aliphatic rings. The fourth-order valence-corrected chi connectivity index (χ4v) is 2.47. The van der Waals surface area contributed by atoms with E-state index in [2.05, 4.69) is 0 Å². The number of Topliss-reactive ketones (excluding diaryl/α,β-unsaturated/α-hetero) is 1. The van der Waals surface area contributed by atoms with Gasteiger partial charge in [0.05, 0.1) is 17.6 Å². The van der Waals surface area contributed by atoms with E-state index in [0.717, 1.165) is 12.8 Å². The molecule has 1 N–H and O–H groups in total. The van der Waals surface area contributed by atoms with Crippen molar-refractivity contribution in [2.24, 2.45) is 0 Å². The Morgan fingerprint density at radius 3 is 2.89 bits per heavy atom. The molecular weight excluding hydrogens is 248 g/mol. The third-order valence-corrected chi connectivity index (χ3v) is 3.48. The molecule has 19 heavy (non-hydrogen) atoms. The summed E-state index contributed by atoms with van der Waals surface area (Å²) < 4.78 is 0. The molecule has 0 amide bonds. The molecule has 1 heterocycles. The van der Waals surface area contributed by atoms with Gasteiger partial charge in [-0.3, -0.25) is 14.9 Å². The van der Waals surface area contributed by atoms with E-state index < -0.39 is 4.92 Å². The van der Waals surface area contributed by atoms with Crippen molar-refractivity contribution in [1.29, 1.82) is 0 Å². The molecule has 6 heteroatoms. The number of ketones is 1. The van der Waals surface area contributed by atoms with Crippen LogP contribution in [0.1, 0.15) is 30.1 Å². The predicted molar refractivity (Wildman–Crippen MR) is 70.6 cm³/mol. The van der Waals surface area contributed by atoms with Gasteiger partial charge < -0.3 is 10.0 Å². The minimum atomic E-state index is -0.478. The zero-order valence-corrected chi connectivity index (χ0v) is 10.7. The molecule has 1 unspecified atom stereocenters. The van der Waals surface area contributed by atoms with Crippen LogP contribution in [0.3, 0.4) is 0 Å². The van der Waals surface area contributed by atoms with E-state index in [1.807, 2.05) is 4.90 Å². The quantitative estimate of drug-likeness (QED) is 0.509. The van der Waals surface area contributed by atoms with Crippen LogP contribution < -0.4 is 4.90 Å². The fraction of sp³-hybridized carbons (Fsp3) is 0.462. The summed E-state index contributed by atoms with van der Waals surface area (Å²) in [5.41, 5.74) is 0.731. The molecule has 2 rings (SSSR count). The van der Waals surface area contributed by atoms with E-state index in [0.29, 0.717) is 17.8 Å². The second kappa shape index (κ2) is 5.36. The maximum Gasteiger partial charge on any atom is 0.293 e. The minimum Gasteiger partial charge on any atom is -0.394 e. The fourth-order valence-electron chi connectivity index (χ4n) is 2.47. The van der Waals surface area contributed by atoms with Gasteiger partial charge >= 0.3 is 0 Å². The summed E-state index contributed by atoms with van der Waals surface area (Å²) in [5, 5.41) is 20.5. The van der Waals surface area contributed by atoms with E-state index >= 15 is 0 Å². The summed E-state index contributed by atoms with van der Waals surface area (Å²) >= 11 is 0. The highest BCUT2D eigenvalue weighted by atomic mass is 16.6. The molecule has 0 aromatic heterocycles. The topological polar surface area (TPSA) is 83.7 Å². The van der Waals surface area contributed by atoms with Gasteiger partial charge in [-0.2, -0.15) is 0 Å². The molecule has 0 bridgehead atoms. The molecule has 1 atom stereocenters. The van der Waals surface area contributed by atoms with Gasteiger partial charge in [0.1, 0.15) is 5.69 Å². The number of benzene rings is 1. The van der Waals surface area contributed by atoms with Crippen LogP contribution in [0.5, 0.6) is 0 Å². The van der Waals surface area contributed by atoms with Crippen LogP contribution in [-0.4, -0.2) is 35.0 Å². The van der Waals surface area contributed by atoms with Gasteiger partial charge in [-0.25, -0.2) is 0 Å². The van der Waals surface area contributed by atoms with Crippen molar-refractivity contribution in [2.75, 3.05) is 18.1 Å².